The quantitative estimate of drug-likeness (QED) is 0.280. The summed E-state index contributed by atoms with van der Waals surface area (Å²) in [6.45, 7) is 1.95. The smallest absolute Gasteiger partial charge is 0.416 e. The van der Waals surface area contributed by atoms with Crippen molar-refractivity contribution in [1.29, 1.82) is 0 Å². The summed E-state index contributed by atoms with van der Waals surface area (Å²) in [5.41, 5.74) is 0.409. The normalized spacial score (nSPS) is 11.6. The van der Waals surface area contributed by atoms with Gasteiger partial charge in [0.25, 0.3) is 0 Å². The molecule has 0 radical (unpaired) electrons. The Labute approximate surface area is 164 Å². The molecule has 0 saturated carbocycles. The van der Waals surface area contributed by atoms with Crippen molar-refractivity contribution in [2.24, 2.45) is 4.99 Å². The van der Waals surface area contributed by atoms with Crippen molar-refractivity contribution in [2.75, 3.05) is 0 Å². The van der Waals surface area contributed by atoms with E-state index in [0.29, 0.717) is 17.3 Å². The molecular formula is C21H15F3N2O3. The van der Waals surface area contributed by atoms with E-state index >= 15 is 0 Å². The topological polar surface area (TPSA) is 64.7 Å². The summed E-state index contributed by atoms with van der Waals surface area (Å²) in [4.78, 5) is 14.7. The standard InChI is InChI=1S/C21H15F3N2O3/c1-14-6-9-17(10-7-14)25-13-15-4-2-3-5-19(15)29-20-11-8-16(21(22,23)24)12-18(20)26(27)28/h2-13H,1H3. The van der Waals surface area contributed by atoms with Crippen LogP contribution in [-0.2, 0) is 6.18 Å². The van der Waals surface area contributed by atoms with Crippen molar-refractivity contribution in [3.05, 3.63) is 93.5 Å². The SMILES string of the molecule is Cc1ccc(N=Cc2ccccc2Oc2ccc(C(F)(F)F)cc2[N+](=O)[O-])cc1. The first kappa shape index (κ1) is 20.1. The van der Waals surface area contributed by atoms with Gasteiger partial charge in [-0.2, -0.15) is 13.2 Å². The van der Waals surface area contributed by atoms with Crippen LogP contribution in [0.4, 0.5) is 24.5 Å². The number of ether oxygens (including phenoxy) is 1. The van der Waals surface area contributed by atoms with Crippen LogP contribution in [0, 0.1) is 17.0 Å². The third kappa shape index (κ3) is 4.98. The molecule has 3 aromatic rings. The molecular weight excluding hydrogens is 385 g/mol. The maximum Gasteiger partial charge on any atom is 0.416 e. The van der Waals surface area contributed by atoms with E-state index < -0.39 is 22.4 Å². The number of halogens is 3. The Kier molecular flexibility index (Phi) is 5.63. The summed E-state index contributed by atoms with van der Waals surface area (Å²) in [5, 5.41) is 11.2. The van der Waals surface area contributed by atoms with Gasteiger partial charge >= 0.3 is 11.9 Å². The molecule has 0 N–H and O–H groups in total. The Morgan fingerprint density at radius 2 is 1.69 bits per heavy atom. The minimum atomic E-state index is -4.69. The van der Waals surface area contributed by atoms with Crippen molar-refractivity contribution < 1.29 is 22.8 Å². The highest BCUT2D eigenvalue weighted by Crippen LogP contribution is 2.38. The molecule has 0 aliphatic heterocycles. The Morgan fingerprint density at radius 3 is 2.34 bits per heavy atom. The van der Waals surface area contributed by atoms with Crippen molar-refractivity contribution in [3.8, 4) is 11.5 Å². The predicted molar refractivity (Wildman–Crippen MR) is 103 cm³/mol. The Bertz CT molecular complexity index is 1060. The van der Waals surface area contributed by atoms with Crippen LogP contribution in [0.2, 0.25) is 0 Å². The highest BCUT2D eigenvalue weighted by molar-refractivity contribution is 5.85. The Hall–Kier alpha value is -3.68. The molecule has 0 amide bonds. The fourth-order valence-electron chi connectivity index (χ4n) is 2.50. The molecule has 5 nitrogen and oxygen atoms in total. The van der Waals surface area contributed by atoms with Crippen LogP contribution >= 0.6 is 0 Å². The van der Waals surface area contributed by atoms with Gasteiger partial charge in [0.05, 0.1) is 16.2 Å². The molecule has 148 valence electrons. The van der Waals surface area contributed by atoms with Gasteiger partial charge in [0, 0.05) is 17.8 Å². The number of benzene rings is 3. The van der Waals surface area contributed by atoms with Gasteiger partial charge in [0.1, 0.15) is 5.75 Å². The van der Waals surface area contributed by atoms with Gasteiger partial charge in [-0.1, -0.05) is 29.8 Å². The number of hydrogen-bond donors (Lipinski definition) is 0. The average Bonchev–Trinajstić information content (AvgIpc) is 2.68. The van der Waals surface area contributed by atoms with Crippen molar-refractivity contribution in [1.82, 2.24) is 0 Å². The number of nitro groups is 1. The number of nitrogens with zero attached hydrogens (tertiary/aromatic N) is 2. The van der Waals surface area contributed by atoms with Crippen LogP contribution in [0.5, 0.6) is 11.5 Å². The van der Waals surface area contributed by atoms with Crippen LogP contribution in [0.1, 0.15) is 16.7 Å². The number of para-hydroxylation sites is 1. The van der Waals surface area contributed by atoms with Gasteiger partial charge in [-0.05, 0) is 43.3 Å². The second-order valence-electron chi connectivity index (χ2n) is 6.17. The lowest BCUT2D eigenvalue weighted by Crippen LogP contribution is -2.06. The molecule has 0 aliphatic rings. The molecule has 3 rings (SSSR count). The highest BCUT2D eigenvalue weighted by atomic mass is 19.4. The zero-order chi connectivity index (χ0) is 21.0. The number of hydrogen-bond acceptors (Lipinski definition) is 4. The number of aryl methyl sites for hydroxylation is 1. The molecule has 0 spiro atoms. The van der Waals surface area contributed by atoms with Gasteiger partial charge in [0.2, 0.25) is 5.75 Å². The number of rotatable bonds is 5. The second kappa shape index (κ2) is 8.14. The molecule has 29 heavy (non-hydrogen) atoms. The van der Waals surface area contributed by atoms with Gasteiger partial charge < -0.3 is 4.74 Å². The van der Waals surface area contributed by atoms with Gasteiger partial charge in [-0.25, -0.2) is 0 Å². The van der Waals surface area contributed by atoms with Crippen molar-refractivity contribution in [3.63, 3.8) is 0 Å². The first-order chi connectivity index (χ1) is 13.7. The van der Waals surface area contributed by atoms with Crippen LogP contribution in [0.3, 0.4) is 0 Å². The third-order valence-electron chi connectivity index (χ3n) is 4.01. The second-order valence-corrected chi connectivity index (χ2v) is 6.17. The zero-order valence-electron chi connectivity index (χ0n) is 15.2. The summed E-state index contributed by atoms with van der Waals surface area (Å²) in [6.07, 6.45) is -3.17. The molecule has 0 atom stereocenters. The van der Waals surface area contributed by atoms with E-state index in [1.54, 1.807) is 24.3 Å². The first-order valence-corrected chi connectivity index (χ1v) is 8.47. The first-order valence-electron chi connectivity index (χ1n) is 8.47. The molecule has 0 saturated heterocycles. The van der Waals surface area contributed by atoms with E-state index in [-0.39, 0.29) is 11.5 Å². The van der Waals surface area contributed by atoms with Gasteiger partial charge in [-0.15, -0.1) is 0 Å². The summed E-state index contributed by atoms with van der Waals surface area (Å²) in [7, 11) is 0. The van der Waals surface area contributed by atoms with E-state index in [9.17, 15) is 23.3 Å². The summed E-state index contributed by atoms with van der Waals surface area (Å²) in [5.74, 6) is -0.0644. The molecule has 0 unspecified atom stereocenters. The Morgan fingerprint density at radius 1 is 1.00 bits per heavy atom. The fourth-order valence-corrected chi connectivity index (χ4v) is 2.50. The third-order valence-corrected chi connectivity index (χ3v) is 4.01. The number of aliphatic imine (C=N–C) groups is 1. The molecule has 0 fully saturated rings. The van der Waals surface area contributed by atoms with E-state index in [2.05, 4.69) is 4.99 Å². The lowest BCUT2D eigenvalue weighted by Gasteiger charge is -2.11. The van der Waals surface area contributed by atoms with Crippen LogP contribution < -0.4 is 4.74 Å². The summed E-state index contributed by atoms with van der Waals surface area (Å²) >= 11 is 0. The lowest BCUT2D eigenvalue weighted by molar-refractivity contribution is -0.385. The maximum absolute atomic E-state index is 12.9. The average molecular weight is 400 g/mol. The van der Waals surface area contributed by atoms with Crippen LogP contribution in [0.25, 0.3) is 0 Å². The van der Waals surface area contributed by atoms with Gasteiger partial charge in [-0.3, -0.25) is 15.1 Å². The van der Waals surface area contributed by atoms with Crippen LogP contribution in [-0.4, -0.2) is 11.1 Å². The van der Waals surface area contributed by atoms with E-state index in [1.807, 2.05) is 31.2 Å². The van der Waals surface area contributed by atoms with E-state index in [4.69, 9.17) is 4.74 Å². The maximum atomic E-state index is 12.9. The molecule has 0 bridgehead atoms. The van der Waals surface area contributed by atoms with Crippen molar-refractivity contribution >= 4 is 17.6 Å². The minimum absolute atomic E-state index is 0.228. The lowest BCUT2D eigenvalue weighted by atomic mass is 10.1. The van der Waals surface area contributed by atoms with Crippen LogP contribution in [0.15, 0.2) is 71.7 Å². The summed E-state index contributed by atoms with van der Waals surface area (Å²) in [6, 6.07) is 16.2. The molecule has 0 aromatic heterocycles. The van der Waals surface area contributed by atoms with Gasteiger partial charge in [0.15, 0.2) is 0 Å². The number of alkyl halides is 3. The fraction of sp³-hybridized carbons (Fsp3) is 0.0952. The predicted octanol–water partition coefficient (Wildman–Crippen LogP) is 6.46. The zero-order valence-corrected chi connectivity index (χ0v) is 15.2. The largest absolute Gasteiger partial charge is 0.449 e. The van der Waals surface area contributed by atoms with E-state index in [1.165, 1.54) is 6.21 Å². The molecule has 0 aliphatic carbocycles. The number of nitro benzene ring substituents is 1. The minimum Gasteiger partial charge on any atom is -0.449 e. The molecule has 8 heteroatoms. The monoisotopic (exact) mass is 400 g/mol. The van der Waals surface area contributed by atoms with E-state index in [0.717, 1.165) is 17.7 Å². The summed E-state index contributed by atoms with van der Waals surface area (Å²) < 4.78 is 44.2. The molecule has 3 aromatic carbocycles. The highest BCUT2D eigenvalue weighted by Gasteiger charge is 2.33. The Balaban J connectivity index is 1.93. The van der Waals surface area contributed by atoms with Crippen molar-refractivity contribution in [2.45, 2.75) is 13.1 Å². The molecule has 0 heterocycles.